The van der Waals surface area contributed by atoms with Crippen LogP contribution >= 0.6 is 11.3 Å². The van der Waals surface area contributed by atoms with Crippen molar-refractivity contribution in [3.8, 4) is 11.5 Å². The zero-order valence-electron chi connectivity index (χ0n) is 16.9. The molecule has 7 heteroatoms. The Bertz CT molecular complexity index is 924. The molecular weight excluding hydrogens is 388 g/mol. The Hall–Kier alpha value is -2.64. The smallest absolute Gasteiger partial charge is 0.246 e. The van der Waals surface area contributed by atoms with Crippen LogP contribution in [0.1, 0.15) is 37.4 Å². The average molecular weight is 415 g/mol. The lowest BCUT2D eigenvalue weighted by Crippen LogP contribution is -2.30. The number of hydrogen-bond donors (Lipinski definition) is 1. The van der Waals surface area contributed by atoms with Gasteiger partial charge in [0.15, 0.2) is 11.5 Å². The molecule has 0 saturated carbocycles. The minimum absolute atomic E-state index is 0.0182. The number of ether oxygens (including phenoxy) is 3. The summed E-state index contributed by atoms with van der Waals surface area (Å²) in [6.07, 6.45) is 0. The lowest BCUT2D eigenvalue weighted by Gasteiger charge is -2.17. The van der Waals surface area contributed by atoms with Crippen molar-refractivity contribution < 1.29 is 19.0 Å². The topological polar surface area (TPSA) is 69.7 Å². The zero-order valence-corrected chi connectivity index (χ0v) is 17.8. The number of thiazole rings is 1. The summed E-state index contributed by atoms with van der Waals surface area (Å²) in [5, 5.41) is 3.81. The normalized spacial score (nSPS) is 12.0. The third-order valence-corrected chi connectivity index (χ3v) is 5.25. The van der Waals surface area contributed by atoms with E-state index in [0.29, 0.717) is 31.3 Å². The number of hydrogen-bond acceptors (Lipinski definition) is 6. The molecule has 3 aromatic rings. The van der Waals surface area contributed by atoms with Crippen molar-refractivity contribution in [1.29, 1.82) is 0 Å². The second-order valence-corrected chi connectivity index (χ2v) is 7.54. The van der Waals surface area contributed by atoms with E-state index in [2.05, 4.69) is 10.3 Å². The van der Waals surface area contributed by atoms with Crippen molar-refractivity contribution in [2.24, 2.45) is 0 Å². The van der Waals surface area contributed by atoms with Gasteiger partial charge in [-0.2, -0.15) is 0 Å². The lowest BCUT2D eigenvalue weighted by atomic mass is 10.1. The molecule has 0 radical (unpaired) electrons. The number of amides is 1. The van der Waals surface area contributed by atoms with Crippen LogP contribution in [0, 0.1) is 0 Å². The Morgan fingerprint density at radius 2 is 1.86 bits per heavy atom. The lowest BCUT2D eigenvalue weighted by molar-refractivity contribution is -0.126. The Labute approximate surface area is 174 Å². The number of para-hydroxylation sites is 1. The zero-order chi connectivity index (χ0) is 20.6. The molecule has 1 amide bonds. The highest BCUT2D eigenvalue weighted by atomic mass is 32.1. The molecule has 2 aromatic carbocycles. The van der Waals surface area contributed by atoms with Gasteiger partial charge in [-0.3, -0.25) is 4.79 Å². The predicted molar refractivity (Wildman–Crippen MR) is 115 cm³/mol. The summed E-state index contributed by atoms with van der Waals surface area (Å²) in [4.78, 5) is 16.8. The van der Waals surface area contributed by atoms with E-state index in [0.717, 1.165) is 20.8 Å². The maximum Gasteiger partial charge on any atom is 0.246 e. The molecule has 0 saturated heterocycles. The van der Waals surface area contributed by atoms with Crippen molar-refractivity contribution in [2.45, 2.75) is 33.4 Å². The van der Waals surface area contributed by atoms with Gasteiger partial charge in [0.05, 0.1) is 36.1 Å². The molecule has 0 aliphatic heterocycles. The Morgan fingerprint density at radius 3 is 2.62 bits per heavy atom. The summed E-state index contributed by atoms with van der Waals surface area (Å²) in [5.41, 5.74) is 1.89. The number of nitrogens with one attached hydrogen (secondary N) is 1. The maximum atomic E-state index is 12.3. The van der Waals surface area contributed by atoms with Gasteiger partial charge in [-0.15, -0.1) is 11.3 Å². The largest absolute Gasteiger partial charge is 0.490 e. The van der Waals surface area contributed by atoms with Crippen LogP contribution in [0.5, 0.6) is 11.5 Å². The minimum atomic E-state index is -0.177. The van der Waals surface area contributed by atoms with E-state index in [4.69, 9.17) is 14.2 Å². The van der Waals surface area contributed by atoms with Gasteiger partial charge in [0.2, 0.25) is 5.91 Å². The van der Waals surface area contributed by atoms with Crippen molar-refractivity contribution in [3.63, 3.8) is 0 Å². The second-order valence-electron chi connectivity index (χ2n) is 6.43. The van der Waals surface area contributed by atoms with Gasteiger partial charge >= 0.3 is 0 Å². The summed E-state index contributed by atoms with van der Waals surface area (Å²) in [5.74, 6) is 1.21. The van der Waals surface area contributed by atoms with Crippen LogP contribution in [0.3, 0.4) is 0 Å². The highest BCUT2D eigenvalue weighted by Crippen LogP contribution is 2.30. The summed E-state index contributed by atoms with van der Waals surface area (Å²) < 4.78 is 17.9. The molecular formula is C22H26N2O4S. The Kier molecular flexibility index (Phi) is 7.43. The van der Waals surface area contributed by atoms with Crippen LogP contribution in [-0.4, -0.2) is 30.7 Å². The first-order chi connectivity index (χ1) is 14.1. The standard InChI is InChI=1S/C22H26N2O4S/c1-4-27-18-11-10-16(12-19(18)28-5-2)15(3)23-21(25)13-26-14-22-24-17-8-6-7-9-20(17)29-22/h6-12,15H,4-5,13-14H2,1-3H3,(H,23,25)/t15-/m1/s1. The summed E-state index contributed by atoms with van der Waals surface area (Å²) in [7, 11) is 0. The maximum absolute atomic E-state index is 12.3. The first-order valence-corrected chi connectivity index (χ1v) is 10.5. The predicted octanol–water partition coefficient (Wildman–Crippen LogP) is 4.49. The molecule has 0 aliphatic rings. The molecule has 3 rings (SSSR count). The number of benzene rings is 2. The molecule has 1 aromatic heterocycles. The van der Waals surface area contributed by atoms with Crippen LogP contribution in [-0.2, 0) is 16.1 Å². The van der Waals surface area contributed by atoms with Crippen LogP contribution < -0.4 is 14.8 Å². The van der Waals surface area contributed by atoms with E-state index in [1.807, 2.05) is 63.2 Å². The van der Waals surface area contributed by atoms with Crippen LogP contribution in [0.4, 0.5) is 0 Å². The van der Waals surface area contributed by atoms with Gasteiger partial charge in [-0.25, -0.2) is 4.98 Å². The summed E-state index contributed by atoms with van der Waals surface area (Å²) >= 11 is 1.58. The van der Waals surface area contributed by atoms with Gasteiger partial charge in [0, 0.05) is 0 Å². The summed E-state index contributed by atoms with van der Waals surface area (Å²) in [6.45, 7) is 7.20. The molecule has 1 atom stereocenters. The van der Waals surface area contributed by atoms with Gasteiger partial charge in [-0.05, 0) is 50.6 Å². The third-order valence-electron chi connectivity index (χ3n) is 4.24. The van der Waals surface area contributed by atoms with E-state index >= 15 is 0 Å². The highest BCUT2D eigenvalue weighted by molar-refractivity contribution is 7.18. The summed E-state index contributed by atoms with van der Waals surface area (Å²) in [6, 6.07) is 13.5. The SMILES string of the molecule is CCOc1ccc([C@@H](C)NC(=O)COCc2nc3ccccc3s2)cc1OCC. The van der Waals surface area contributed by atoms with Gasteiger partial charge in [0.25, 0.3) is 0 Å². The molecule has 154 valence electrons. The third kappa shape index (κ3) is 5.68. The monoisotopic (exact) mass is 414 g/mol. The Balaban J connectivity index is 1.52. The first kappa shape index (κ1) is 21.1. The van der Waals surface area contributed by atoms with E-state index < -0.39 is 0 Å². The van der Waals surface area contributed by atoms with Crippen molar-refractivity contribution >= 4 is 27.5 Å². The molecule has 0 fully saturated rings. The average Bonchev–Trinajstić information content (AvgIpc) is 3.12. The quantitative estimate of drug-likeness (QED) is 0.529. The number of carbonyl (C=O) groups excluding carboxylic acids is 1. The molecule has 0 bridgehead atoms. The van der Waals surface area contributed by atoms with Gasteiger partial charge in [0.1, 0.15) is 11.6 Å². The molecule has 29 heavy (non-hydrogen) atoms. The van der Waals surface area contributed by atoms with E-state index in [1.54, 1.807) is 11.3 Å². The molecule has 1 N–H and O–H groups in total. The van der Waals surface area contributed by atoms with Crippen molar-refractivity contribution in [2.75, 3.05) is 19.8 Å². The number of carbonyl (C=O) groups is 1. The number of rotatable bonds is 10. The van der Waals surface area contributed by atoms with Crippen LogP contribution in [0.2, 0.25) is 0 Å². The number of nitrogens with zero attached hydrogens (tertiary/aromatic N) is 1. The fourth-order valence-corrected chi connectivity index (χ4v) is 3.82. The van der Waals surface area contributed by atoms with Crippen molar-refractivity contribution in [1.82, 2.24) is 10.3 Å². The fourth-order valence-electron chi connectivity index (χ4n) is 2.92. The Morgan fingerprint density at radius 1 is 1.10 bits per heavy atom. The number of fused-ring (bicyclic) bond motifs is 1. The molecule has 0 spiro atoms. The van der Waals surface area contributed by atoms with Gasteiger partial charge in [-0.1, -0.05) is 18.2 Å². The minimum Gasteiger partial charge on any atom is -0.490 e. The molecule has 0 unspecified atom stereocenters. The molecule has 1 heterocycles. The first-order valence-electron chi connectivity index (χ1n) is 9.71. The van der Waals surface area contributed by atoms with Crippen LogP contribution in [0.25, 0.3) is 10.2 Å². The van der Waals surface area contributed by atoms with Crippen molar-refractivity contribution in [3.05, 3.63) is 53.0 Å². The number of aromatic nitrogens is 1. The van der Waals surface area contributed by atoms with E-state index in [-0.39, 0.29) is 18.6 Å². The second kappa shape index (κ2) is 10.2. The molecule has 0 aliphatic carbocycles. The molecule has 6 nitrogen and oxygen atoms in total. The van der Waals surface area contributed by atoms with E-state index in [9.17, 15) is 4.79 Å². The van der Waals surface area contributed by atoms with Gasteiger partial charge < -0.3 is 19.5 Å². The van der Waals surface area contributed by atoms with E-state index in [1.165, 1.54) is 0 Å². The van der Waals surface area contributed by atoms with Crippen LogP contribution in [0.15, 0.2) is 42.5 Å². The fraction of sp³-hybridized carbons (Fsp3) is 0.364. The highest BCUT2D eigenvalue weighted by Gasteiger charge is 2.14.